The van der Waals surface area contributed by atoms with Crippen LogP contribution in [0.4, 0.5) is 11.4 Å². The van der Waals surface area contributed by atoms with E-state index in [1.807, 2.05) is 43.3 Å². The van der Waals surface area contributed by atoms with Crippen molar-refractivity contribution >= 4 is 46.6 Å². The number of carbonyl (C=O) groups is 2. The van der Waals surface area contributed by atoms with E-state index < -0.39 is 11.8 Å². The van der Waals surface area contributed by atoms with Crippen LogP contribution in [-0.2, 0) is 9.59 Å². The van der Waals surface area contributed by atoms with Crippen LogP contribution in [0.2, 0.25) is 5.02 Å². The Morgan fingerprint density at radius 3 is 2.29 bits per heavy atom. The number of aryl methyl sites for hydroxylation is 1. The van der Waals surface area contributed by atoms with Crippen LogP contribution < -0.4 is 15.0 Å². The first-order chi connectivity index (χ1) is 15.0. The van der Waals surface area contributed by atoms with Crippen LogP contribution in [0.25, 0.3) is 0 Å². The lowest BCUT2D eigenvalue weighted by molar-refractivity contribution is -0.120. The molecule has 156 valence electrons. The third-order valence-corrected chi connectivity index (χ3v) is 6.15. The molecule has 3 aromatic carbocycles. The van der Waals surface area contributed by atoms with Gasteiger partial charge in [0.1, 0.15) is 16.4 Å². The van der Waals surface area contributed by atoms with Gasteiger partial charge < -0.3 is 10.1 Å². The second-order valence-corrected chi connectivity index (χ2v) is 8.34. The van der Waals surface area contributed by atoms with Gasteiger partial charge in [0.15, 0.2) is 0 Å². The van der Waals surface area contributed by atoms with Crippen molar-refractivity contribution in [2.45, 2.75) is 11.8 Å². The number of benzene rings is 3. The number of imide groups is 1. The molecule has 1 N–H and O–H groups in total. The lowest BCUT2D eigenvalue weighted by atomic mass is 10.2. The van der Waals surface area contributed by atoms with Crippen molar-refractivity contribution in [3.8, 4) is 5.75 Å². The Kier molecular flexibility index (Phi) is 6.02. The van der Waals surface area contributed by atoms with Crippen molar-refractivity contribution in [1.29, 1.82) is 0 Å². The number of ether oxygens (including phenoxy) is 1. The zero-order valence-corrected chi connectivity index (χ0v) is 18.5. The van der Waals surface area contributed by atoms with Crippen LogP contribution in [0.3, 0.4) is 0 Å². The molecule has 2 amide bonds. The summed E-state index contributed by atoms with van der Waals surface area (Å²) in [5.41, 5.74) is 2.34. The number of rotatable bonds is 6. The summed E-state index contributed by atoms with van der Waals surface area (Å²) >= 11 is 7.22. The summed E-state index contributed by atoms with van der Waals surface area (Å²) in [4.78, 5) is 29.2. The van der Waals surface area contributed by atoms with E-state index in [2.05, 4.69) is 5.32 Å². The Morgan fingerprint density at radius 1 is 0.903 bits per heavy atom. The van der Waals surface area contributed by atoms with Crippen LogP contribution in [0.5, 0.6) is 5.75 Å². The molecule has 0 saturated heterocycles. The van der Waals surface area contributed by atoms with Crippen molar-refractivity contribution in [3.05, 3.63) is 94.0 Å². The molecule has 0 bridgehead atoms. The molecule has 0 unspecified atom stereocenters. The normalized spacial score (nSPS) is 13.7. The minimum absolute atomic E-state index is 0.227. The van der Waals surface area contributed by atoms with Gasteiger partial charge >= 0.3 is 0 Å². The first-order valence-electron chi connectivity index (χ1n) is 9.51. The number of carbonyl (C=O) groups excluding carboxylic acids is 2. The van der Waals surface area contributed by atoms with Crippen molar-refractivity contribution in [3.63, 3.8) is 0 Å². The number of nitrogens with one attached hydrogen (secondary N) is 1. The molecule has 0 atom stereocenters. The van der Waals surface area contributed by atoms with E-state index in [-0.39, 0.29) is 5.70 Å². The molecule has 0 radical (unpaired) electrons. The van der Waals surface area contributed by atoms with Gasteiger partial charge in [-0.2, -0.15) is 0 Å². The third-order valence-electron chi connectivity index (χ3n) is 4.81. The maximum atomic E-state index is 13.4. The standard InChI is InChI=1S/C24H19ClN2O3S/c1-15-7-3-4-8-18(15)26-21-22(31-17-13-11-16(25)12-14-17)24(29)27(23(21)28)19-9-5-6-10-20(19)30-2/h3-14,26H,1-2H3. The SMILES string of the molecule is COc1ccccc1N1C(=O)C(Nc2ccccc2C)=C(Sc2ccc(Cl)cc2)C1=O. The Balaban J connectivity index is 1.78. The zero-order chi connectivity index (χ0) is 22.0. The minimum atomic E-state index is -0.436. The summed E-state index contributed by atoms with van der Waals surface area (Å²) < 4.78 is 5.39. The number of amides is 2. The first kappa shape index (κ1) is 21.0. The number of halogens is 1. The Hall–Kier alpha value is -3.22. The smallest absolute Gasteiger partial charge is 0.283 e. The van der Waals surface area contributed by atoms with Gasteiger partial charge in [-0.25, -0.2) is 4.90 Å². The van der Waals surface area contributed by atoms with Gasteiger partial charge in [0.2, 0.25) is 0 Å². The molecular weight excluding hydrogens is 432 g/mol. The second kappa shape index (κ2) is 8.88. The largest absolute Gasteiger partial charge is 0.495 e. The summed E-state index contributed by atoms with van der Waals surface area (Å²) in [6.45, 7) is 1.94. The second-order valence-electron chi connectivity index (χ2n) is 6.82. The fourth-order valence-electron chi connectivity index (χ4n) is 3.22. The average Bonchev–Trinajstić information content (AvgIpc) is 3.00. The van der Waals surface area contributed by atoms with Gasteiger partial charge in [-0.15, -0.1) is 0 Å². The number of para-hydroxylation sites is 3. The summed E-state index contributed by atoms with van der Waals surface area (Å²) in [5.74, 6) is -0.406. The van der Waals surface area contributed by atoms with E-state index >= 15 is 0 Å². The highest BCUT2D eigenvalue weighted by atomic mass is 35.5. The van der Waals surface area contributed by atoms with Crippen molar-refractivity contribution in [2.75, 3.05) is 17.3 Å². The molecule has 0 saturated carbocycles. The molecule has 4 rings (SSSR count). The molecule has 3 aromatic rings. The quantitative estimate of drug-likeness (QED) is 0.492. The highest BCUT2D eigenvalue weighted by Crippen LogP contribution is 2.40. The molecule has 0 fully saturated rings. The number of hydrogen-bond acceptors (Lipinski definition) is 5. The number of anilines is 2. The van der Waals surface area contributed by atoms with Gasteiger partial charge in [0.25, 0.3) is 11.8 Å². The van der Waals surface area contributed by atoms with Crippen molar-refractivity contribution < 1.29 is 14.3 Å². The van der Waals surface area contributed by atoms with E-state index in [0.29, 0.717) is 21.4 Å². The fourth-order valence-corrected chi connectivity index (χ4v) is 4.27. The third kappa shape index (κ3) is 4.17. The maximum absolute atomic E-state index is 13.4. The summed E-state index contributed by atoms with van der Waals surface area (Å²) in [7, 11) is 1.51. The minimum Gasteiger partial charge on any atom is -0.495 e. The topological polar surface area (TPSA) is 58.6 Å². The first-order valence-corrected chi connectivity index (χ1v) is 10.7. The number of nitrogens with zero attached hydrogens (tertiary/aromatic N) is 1. The monoisotopic (exact) mass is 450 g/mol. The Labute approximate surface area is 189 Å². The zero-order valence-electron chi connectivity index (χ0n) is 16.9. The maximum Gasteiger partial charge on any atom is 0.283 e. The number of hydrogen-bond donors (Lipinski definition) is 1. The van der Waals surface area contributed by atoms with E-state index in [0.717, 1.165) is 21.0 Å². The van der Waals surface area contributed by atoms with Crippen molar-refractivity contribution in [2.24, 2.45) is 0 Å². The molecule has 31 heavy (non-hydrogen) atoms. The summed E-state index contributed by atoms with van der Waals surface area (Å²) in [5, 5.41) is 3.79. The predicted octanol–water partition coefficient (Wildman–Crippen LogP) is 5.65. The predicted molar refractivity (Wildman–Crippen MR) is 125 cm³/mol. The molecule has 5 nitrogen and oxygen atoms in total. The lowest BCUT2D eigenvalue weighted by Gasteiger charge is -2.18. The average molecular weight is 451 g/mol. The van der Waals surface area contributed by atoms with Gasteiger partial charge in [-0.1, -0.05) is 53.7 Å². The van der Waals surface area contributed by atoms with E-state index in [9.17, 15) is 9.59 Å². The molecule has 0 spiro atoms. The molecule has 0 aromatic heterocycles. The summed E-state index contributed by atoms with van der Waals surface area (Å²) in [6, 6.07) is 21.7. The van der Waals surface area contributed by atoms with Crippen molar-refractivity contribution in [1.82, 2.24) is 0 Å². The van der Waals surface area contributed by atoms with Gasteiger partial charge in [-0.05, 0) is 55.0 Å². The van der Waals surface area contributed by atoms with E-state index in [1.165, 1.54) is 18.9 Å². The van der Waals surface area contributed by atoms with Crippen LogP contribution >= 0.6 is 23.4 Å². The Bertz CT molecular complexity index is 1190. The van der Waals surface area contributed by atoms with Crippen LogP contribution in [0, 0.1) is 6.92 Å². The van der Waals surface area contributed by atoms with Gasteiger partial charge in [-0.3, -0.25) is 9.59 Å². The molecule has 7 heteroatoms. The lowest BCUT2D eigenvalue weighted by Crippen LogP contribution is -2.32. The number of thioether (sulfide) groups is 1. The van der Waals surface area contributed by atoms with E-state index in [4.69, 9.17) is 16.3 Å². The van der Waals surface area contributed by atoms with E-state index in [1.54, 1.807) is 36.4 Å². The van der Waals surface area contributed by atoms with Crippen LogP contribution in [-0.4, -0.2) is 18.9 Å². The molecule has 1 aliphatic heterocycles. The Morgan fingerprint density at radius 2 is 1.58 bits per heavy atom. The highest BCUT2D eigenvalue weighted by molar-refractivity contribution is 8.04. The van der Waals surface area contributed by atoms with Crippen LogP contribution in [0.15, 0.2) is 88.3 Å². The van der Waals surface area contributed by atoms with Crippen LogP contribution in [0.1, 0.15) is 5.56 Å². The molecule has 1 aliphatic rings. The highest BCUT2D eigenvalue weighted by Gasteiger charge is 2.41. The van der Waals surface area contributed by atoms with Gasteiger partial charge in [0.05, 0.1) is 12.8 Å². The fraction of sp³-hybridized carbons (Fsp3) is 0.0833. The molecule has 0 aliphatic carbocycles. The molecule has 1 heterocycles. The molecular formula is C24H19ClN2O3S. The van der Waals surface area contributed by atoms with Gasteiger partial charge in [0, 0.05) is 15.6 Å². The number of methoxy groups -OCH3 is 1. The summed E-state index contributed by atoms with van der Waals surface area (Å²) in [6.07, 6.45) is 0.